The smallest absolute Gasteiger partial charge is 0.128 e. The van der Waals surface area contributed by atoms with Gasteiger partial charge in [0.1, 0.15) is 5.82 Å². The number of ether oxygens (including phenoxy) is 2. The molecule has 1 aliphatic rings. The number of hydrogen-bond donors (Lipinski definition) is 1. The van der Waals surface area contributed by atoms with Gasteiger partial charge in [-0.05, 0) is 23.6 Å². The third-order valence-corrected chi connectivity index (χ3v) is 4.73. The summed E-state index contributed by atoms with van der Waals surface area (Å²) in [6.45, 7) is 7.68. The Labute approximate surface area is 126 Å². The summed E-state index contributed by atoms with van der Waals surface area (Å²) < 4.78 is 24.2. The SMILES string of the molecule is COCc1cc(CNC2C(C)C(OC)C2(C)C)ccc1F. The van der Waals surface area contributed by atoms with Gasteiger partial charge in [0.15, 0.2) is 0 Å². The molecule has 1 aromatic rings. The van der Waals surface area contributed by atoms with Gasteiger partial charge in [0.25, 0.3) is 0 Å². The van der Waals surface area contributed by atoms with Crippen molar-refractivity contribution in [3.63, 3.8) is 0 Å². The molecule has 0 amide bonds. The maximum Gasteiger partial charge on any atom is 0.128 e. The van der Waals surface area contributed by atoms with Gasteiger partial charge in [-0.25, -0.2) is 4.39 Å². The second kappa shape index (κ2) is 6.42. The Hall–Kier alpha value is -0.970. The molecule has 118 valence electrons. The van der Waals surface area contributed by atoms with E-state index in [4.69, 9.17) is 9.47 Å². The summed E-state index contributed by atoms with van der Waals surface area (Å²) in [7, 11) is 3.35. The summed E-state index contributed by atoms with van der Waals surface area (Å²) in [6, 6.07) is 5.61. The lowest BCUT2D eigenvalue weighted by Crippen LogP contribution is -2.66. The lowest BCUT2D eigenvalue weighted by molar-refractivity contribution is -0.145. The van der Waals surface area contributed by atoms with Crippen molar-refractivity contribution in [2.24, 2.45) is 11.3 Å². The van der Waals surface area contributed by atoms with E-state index >= 15 is 0 Å². The topological polar surface area (TPSA) is 30.5 Å². The lowest BCUT2D eigenvalue weighted by Gasteiger charge is -2.56. The standard InChI is InChI=1S/C17H26FNO2/c1-11-15(17(2,3)16(11)21-5)19-9-12-6-7-14(18)13(8-12)10-20-4/h6-8,11,15-16,19H,9-10H2,1-5H3. The van der Waals surface area contributed by atoms with Gasteiger partial charge < -0.3 is 14.8 Å². The average Bonchev–Trinajstić information content (AvgIpc) is 2.42. The summed E-state index contributed by atoms with van der Waals surface area (Å²) >= 11 is 0. The maximum absolute atomic E-state index is 13.6. The molecule has 4 heteroatoms. The van der Waals surface area contributed by atoms with Gasteiger partial charge in [0, 0.05) is 37.8 Å². The molecule has 0 bridgehead atoms. The quantitative estimate of drug-likeness (QED) is 0.874. The summed E-state index contributed by atoms with van der Waals surface area (Å²) in [4.78, 5) is 0. The minimum Gasteiger partial charge on any atom is -0.380 e. The van der Waals surface area contributed by atoms with Crippen molar-refractivity contribution >= 4 is 0 Å². The fourth-order valence-corrected chi connectivity index (χ4v) is 3.79. The molecule has 1 N–H and O–H groups in total. The number of hydrogen-bond acceptors (Lipinski definition) is 3. The molecule has 0 heterocycles. The van der Waals surface area contributed by atoms with Crippen LogP contribution >= 0.6 is 0 Å². The molecule has 1 aliphatic carbocycles. The van der Waals surface area contributed by atoms with Gasteiger partial charge in [0.2, 0.25) is 0 Å². The van der Waals surface area contributed by atoms with Crippen LogP contribution in [0.3, 0.4) is 0 Å². The van der Waals surface area contributed by atoms with Crippen molar-refractivity contribution in [2.45, 2.75) is 46.1 Å². The molecule has 2 rings (SSSR count). The predicted molar refractivity (Wildman–Crippen MR) is 81.5 cm³/mol. The molecule has 0 saturated heterocycles. The van der Waals surface area contributed by atoms with Crippen LogP contribution in [-0.2, 0) is 22.6 Å². The Morgan fingerprint density at radius 2 is 2.00 bits per heavy atom. The first-order chi connectivity index (χ1) is 9.91. The molecule has 0 aromatic heterocycles. The predicted octanol–water partition coefficient (Wildman–Crippen LogP) is 3.12. The van der Waals surface area contributed by atoms with E-state index in [-0.39, 0.29) is 17.3 Å². The van der Waals surface area contributed by atoms with Crippen LogP contribution in [0.1, 0.15) is 31.9 Å². The molecular formula is C17H26FNO2. The van der Waals surface area contributed by atoms with E-state index in [0.29, 0.717) is 24.1 Å². The summed E-state index contributed by atoms with van der Waals surface area (Å²) in [5, 5.41) is 3.59. The van der Waals surface area contributed by atoms with Crippen LogP contribution < -0.4 is 5.32 Å². The van der Waals surface area contributed by atoms with Gasteiger partial charge >= 0.3 is 0 Å². The van der Waals surface area contributed by atoms with Crippen LogP contribution in [0.5, 0.6) is 0 Å². The van der Waals surface area contributed by atoms with Crippen LogP contribution in [0.4, 0.5) is 4.39 Å². The van der Waals surface area contributed by atoms with Crippen LogP contribution in [0.2, 0.25) is 0 Å². The Kier molecular flexibility index (Phi) is 5.02. The molecule has 1 aromatic carbocycles. The first-order valence-electron chi connectivity index (χ1n) is 7.44. The molecule has 3 atom stereocenters. The van der Waals surface area contributed by atoms with Gasteiger partial charge in [-0.15, -0.1) is 0 Å². The molecule has 3 nitrogen and oxygen atoms in total. The Bertz CT molecular complexity index is 490. The molecule has 3 unspecified atom stereocenters. The normalized spacial score (nSPS) is 27.4. The molecule has 0 spiro atoms. The minimum absolute atomic E-state index is 0.115. The van der Waals surface area contributed by atoms with Crippen molar-refractivity contribution in [3.8, 4) is 0 Å². The van der Waals surface area contributed by atoms with Gasteiger partial charge in [-0.1, -0.05) is 26.8 Å². The van der Waals surface area contributed by atoms with Crippen molar-refractivity contribution < 1.29 is 13.9 Å². The molecule has 1 saturated carbocycles. The highest BCUT2D eigenvalue weighted by Gasteiger charge is 2.54. The van der Waals surface area contributed by atoms with E-state index in [2.05, 4.69) is 26.1 Å². The molecule has 0 aliphatic heterocycles. The summed E-state index contributed by atoms with van der Waals surface area (Å²) in [5.41, 5.74) is 1.80. The first-order valence-corrected chi connectivity index (χ1v) is 7.44. The third kappa shape index (κ3) is 3.12. The highest BCUT2D eigenvalue weighted by Crippen LogP contribution is 2.46. The average molecular weight is 295 g/mol. The Balaban J connectivity index is 1.99. The number of halogens is 1. The van der Waals surface area contributed by atoms with Crippen molar-refractivity contribution in [1.29, 1.82) is 0 Å². The highest BCUT2D eigenvalue weighted by atomic mass is 19.1. The second-order valence-corrected chi connectivity index (χ2v) is 6.55. The fraction of sp³-hybridized carbons (Fsp3) is 0.647. The maximum atomic E-state index is 13.6. The lowest BCUT2D eigenvalue weighted by atomic mass is 9.58. The summed E-state index contributed by atoms with van der Waals surface area (Å²) in [5.74, 6) is 0.265. The highest BCUT2D eigenvalue weighted by molar-refractivity contribution is 5.25. The van der Waals surface area contributed by atoms with E-state index in [1.165, 1.54) is 6.07 Å². The van der Waals surface area contributed by atoms with Crippen LogP contribution in [0.15, 0.2) is 18.2 Å². The van der Waals surface area contributed by atoms with Gasteiger partial charge in [-0.3, -0.25) is 0 Å². The van der Waals surface area contributed by atoms with Crippen molar-refractivity contribution in [1.82, 2.24) is 5.32 Å². The molecule has 1 fully saturated rings. The Morgan fingerprint density at radius 1 is 1.29 bits per heavy atom. The van der Waals surface area contributed by atoms with Crippen LogP contribution in [-0.4, -0.2) is 26.4 Å². The third-order valence-electron chi connectivity index (χ3n) is 4.73. The molecule has 21 heavy (non-hydrogen) atoms. The van der Waals surface area contributed by atoms with E-state index in [1.807, 2.05) is 12.1 Å². The number of nitrogens with one attached hydrogen (secondary N) is 1. The molecule has 0 radical (unpaired) electrons. The zero-order valence-corrected chi connectivity index (χ0v) is 13.6. The van der Waals surface area contributed by atoms with E-state index in [1.54, 1.807) is 14.2 Å². The van der Waals surface area contributed by atoms with Crippen LogP contribution in [0.25, 0.3) is 0 Å². The number of benzene rings is 1. The fourth-order valence-electron chi connectivity index (χ4n) is 3.79. The largest absolute Gasteiger partial charge is 0.380 e. The second-order valence-electron chi connectivity index (χ2n) is 6.55. The molecular weight excluding hydrogens is 269 g/mol. The number of methoxy groups -OCH3 is 2. The van der Waals surface area contributed by atoms with Crippen molar-refractivity contribution in [3.05, 3.63) is 35.1 Å². The summed E-state index contributed by atoms with van der Waals surface area (Å²) in [6.07, 6.45) is 0.285. The minimum atomic E-state index is -0.211. The Morgan fingerprint density at radius 3 is 2.57 bits per heavy atom. The number of rotatable bonds is 6. The zero-order chi connectivity index (χ0) is 15.6. The monoisotopic (exact) mass is 295 g/mol. The zero-order valence-electron chi connectivity index (χ0n) is 13.6. The van der Waals surface area contributed by atoms with Crippen molar-refractivity contribution in [2.75, 3.05) is 14.2 Å². The van der Waals surface area contributed by atoms with E-state index in [0.717, 1.165) is 12.1 Å². The van der Waals surface area contributed by atoms with Gasteiger partial charge in [-0.2, -0.15) is 0 Å². The van der Waals surface area contributed by atoms with Crippen LogP contribution in [0, 0.1) is 17.2 Å². The van der Waals surface area contributed by atoms with E-state index < -0.39 is 0 Å². The first kappa shape index (κ1) is 16.4. The van der Waals surface area contributed by atoms with E-state index in [9.17, 15) is 4.39 Å². The van der Waals surface area contributed by atoms with Gasteiger partial charge in [0.05, 0.1) is 12.7 Å².